The van der Waals surface area contributed by atoms with Gasteiger partial charge in [0.05, 0.1) is 12.0 Å². The summed E-state index contributed by atoms with van der Waals surface area (Å²) in [6, 6.07) is 11.6. The van der Waals surface area contributed by atoms with E-state index in [0.717, 1.165) is 34.7 Å². The predicted octanol–water partition coefficient (Wildman–Crippen LogP) is 4.38. The van der Waals surface area contributed by atoms with Crippen LogP contribution in [0.3, 0.4) is 0 Å². The van der Waals surface area contributed by atoms with Gasteiger partial charge in [0.25, 0.3) is 0 Å². The third kappa shape index (κ3) is 4.78. The van der Waals surface area contributed by atoms with Crippen molar-refractivity contribution in [3.63, 3.8) is 0 Å². The first-order chi connectivity index (χ1) is 13.8. The Kier molecular flexibility index (Phi) is 5.63. The summed E-state index contributed by atoms with van der Waals surface area (Å²) in [6.45, 7) is 0. The molecule has 3 rings (SSSR count). The third-order valence-corrected chi connectivity index (χ3v) is 4.30. The fourth-order valence-electron chi connectivity index (χ4n) is 2.80. The molecule has 3 aromatic rings. The maximum Gasteiger partial charge on any atom is 0.416 e. The van der Waals surface area contributed by atoms with E-state index in [1.165, 1.54) is 18.3 Å². The minimum absolute atomic E-state index is 0.0776. The average molecular weight is 398 g/mol. The van der Waals surface area contributed by atoms with Gasteiger partial charge in [-0.15, -0.1) is 0 Å². The Morgan fingerprint density at radius 2 is 1.83 bits per heavy atom. The summed E-state index contributed by atoms with van der Waals surface area (Å²) in [5.41, 5.74) is 6.52. The first-order valence-corrected chi connectivity index (χ1v) is 8.58. The summed E-state index contributed by atoms with van der Waals surface area (Å²) in [6.07, 6.45) is -0.405. The van der Waals surface area contributed by atoms with E-state index in [1.807, 2.05) is 18.2 Å². The average Bonchev–Trinajstić information content (AvgIpc) is 2.68. The highest BCUT2D eigenvalue weighted by atomic mass is 19.4. The first kappa shape index (κ1) is 20.1. The molecule has 0 aliphatic heterocycles. The molecule has 0 bridgehead atoms. The number of halogens is 3. The number of aromatic nitrogens is 1. The second-order valence-corrected chi connectivity index (χ2v) is 6.32. The minimum atomic E-state index is -4.41. The van der Waals surface area contributed by atoms with Gasteiger partial charge in [0, 0.05) is 29.6 Å². The molecule has 8 heteroatoms. The topological polar surface area (TPSA) is 91.9 Å². The normalized spacial score (nSPS) is 12.0. The Morgan fingerprint density at radius 3 is 2.45 bits per heavy atom. The number of nitrogens with one attached hydrogen (secondary N) is 2. The molecule has 2 aromatic carbocycles. The highest BCUT2D eigenvalue weighted by Crippen LogP contribution is 2.29. The van der Waals surface area contributed by atoms with Crippen LogP contribution in [0.4, 0.5) is 19.0 Å². The molecule has 0 saturated carbocycles. The number of hydrogen-bond donors (Lipinski definition) is 3. The Labute approximate surface area is 164 Å². The van der Waals surface area contributed by atoms with Crippen LogP contribution in [-0.2, 0) is 17.4 Å². The number of pyridine rings is 1. The van der Waals surface area contributed by atoms with E-state index in [0.29, 0.717) is 17.0 Å². The molecule has 0 fully saturated rings. The van der Waals surface area contributed by atoms with Crippen molar-refractivity contribution in [2.45, 2.75) is 12.6 Å². The molecule has 1 amide bonds. The second-order valence-electron chi connectivity index (χ2n) is 6.32. The van der Waals surface area contributed by atoms with E-state index in [-0.39, 0.29) is 6.42 Å². The summed E-state index contributed by atoms with van der Waals surface area (Å²) in [5.74, 6) is -0.0745. The number of fused-ring (bicyclic) bond motifs is 1. The molecule has 1 heterocycles. The smallest absolute Gasteiger partial charge is 0.404 e. The highest BCUT2D eigenvalue weighted by molar-refractivity contribution is 6.09. The van der Waals surface area contributed by atoms with Crippen molar-refractivity contribution in [1.82, 2.24) is 4.98 Å². The van der Waals surface area contributed by atoms with Crippen molar-refractivity contribution in [3.05, 3.63) is 77.6 Å². The zero-order valence-electron chi connectivity index (χ0n) is 15.1. The van der Waals surface area contributed by atoms with Crippen molar-refractivity contribution in [1.29, 1.82) is 5.41 Å². The van der Waals surface area contributed by atoms with Gasteiger partial charge in [0.15, 0.2) is 0 Å². The van der Waals surface area contributed by atoms with Crippen LogP contribution in [0.5, 0.6) is 0 Å². The fourth-order valence-corrected chi connectivity index (χ4v) is 2.80. The van der Waals surface area contributed by atoms with E-state index in [2.05, 4.69) is 10.3 Å². The van der Waals surface area contributed by atoms with E-state index in [1.54, 1.807) is 12.3 Å². The molecule has 148 valence electrons. The number of nitrogens with zero attached hydrogens (tertiary/aromatic N) is 1. The maximum atomic E-state index is 12.6. The lowest BCUT2D eigenvalue weighted by Crippen LogP contribution is -2.15. The van der Waals surface area contributed by atoms with Gasteiger partial charge < -0.3 is 16.5 Å². The molecular formula is C21H17F3N4O. The van der Waals surface area contributed by atoms with Gasteiger partial charge in [-0.2, -0.15) is 13.2 Å². The first-order valence-electron chi connectivity index (χ1n) is 8.58. The van der Waals surface area contributed by atoms with Gasteiger partial charge in [-0.3, -0.25) is 4.79 Å². The number of carbonyl (C=O) groups is 1. The van der Waals surface area contributed by atoms with Gasteiger partial charge >= 0.3 is 6.18 Å². The minimum Gasteiger partial charge on any atom is -0.404 e. The van der Waals surface area contributed by atoms with Gasteiger partial charge in [0.2, 0.25) is 5.91 Å². The molecule has 0 spiro atoms. The molecule has 29 heavy (non-hydrogen) atoms. The Morgan fingerprint density at radius 1 is 1.10 bits per heavy atom. The Hall–Kier alpha value is -3.68. The van der Waals surface area contributed by atoms with Crippen molar-refractivity contribution in [2.75, 3.05) is 5.32 Å². The lowest BCUT2D eigenvalue weighted by Gasteiger charge is -2.09. The van der Waals surface area contributed by atoms with Crippen molar-refractivity contribution < 1.29 is 18.0 Å². The number of benzene rings is 2. The molecule has 5 nitrogen and oxygen atoms in total. The quantitative estimate of drug-likeness (QED) is 0.557. The fraction of sp³-hybridized carbons (Fsp3) is 0.0952. The lowest BCUT2D eigenvalue weighted by molar-refractivity contribution is -0.137. The van der Waals surface area contributed by atoms with Crippen LogP contribution in [-0.4, -0.2) is 17.1 Å². The number of amides is 1. The lowest BCUT2D eigenvalue weighted by atomic mass is 10.0. The van der Waals surface area contributed by atoms with E-state index in [9.17, 15) is 18.0 Å². The van der Waals surface area contributed by atoms with Crippen LogP contribution in [0, 0.1) is 5.41 Å². The summed E-state index contributed by atoms with van der Waals surface area (Å²) in [5, 5.41) is 11.7. The molecule has 0 atom stereocenters. The van der Waals surface area contributed by atoms with Crippen LogP contribution in [0.1, 0.15) is 16.7 Å². The molecule has 0 aliphatic carbocycles. The Balaban J connectivity index is 1.75. The van der Waals surface area contributed by atoms with Crippen LogP contribution >= 0.6 is 0 Å². The van der Waals surface area contributed by atoms with Gasteiger partial charge in [-0.25, -0.2) is 4.98 Å². The van der Waals surface area contributed by atoms with Gasteiger partial charge in [-0.05, 0) is 40.8 Å². The number of rotatable bonds is 5. The standard InChI is InChI=1S/C21H17F3N4O/c22-21(23,24)18-5-1-13(2-6-18)7-20(29)28-19-9-16-8-14(17(10-25)11-26)3-4-15(16)12-27-19/h1-6,8-12,25H,7,26H2,(H,27,28,29)/b17-11+,25-10?. The molecule has 0 aliphatic rings. The summed E-state index contributed by atoms with van der Waals surface area (Å²) < 4.78 is 37.8. The number of hydrogen-bond acceptors (Lipinski definition) is 4. The van der Waals surface area contributed by atoms with Crippen molar-refractivity contribution in [3.8, 4) is 0 Å². The molecule has 0 unspecified atom stereocenters. The second kappa shape index (κ2) is 8.14. The zero-order chi connectivity index (χ0) is 21.0. The van der Waals surface area contributed by atoms with E-state index < -0.39 is 17.6 Å². The maximum absolute atomic E-state index is 12.6. The van der Waals surface area contributed by atoms with E-state index >= 15 is 0 Å². The highest BCUT2D eigenvalue weighted by Gasteiger charge is 2.29. The third-order valence-electron chi connectivity index (χ3n) is 4.30. The molecule has 1 aromatic heterocycles. The van der Waals surface area contributed by atoms with Crippen LogP contribution in [0.25, 0.3) is 16.3 Å². The molecule has 4 N–H and O–H groups in total. The Bertz CT molecular complexity index is 1090. The number of carbonyl (C=O) groups excluding carboxylic acids is 1. The van der Waals surface area contributed by atoms with Crippen molar-refractivity contribution in [2.24, 2.45) is 5.73 Å². The number of alkyl halides is 3. The molecule has 0 radical (unpaired) electrons. The monoisotopic (exact) mass is 398 g/mol. The SMILES string of the molecule is N=C/C(=C\N)c1ccc2cnc(NC(=O)Cc3ccc(C(F)(F)F)cc3)cc2c1. The van der Waals surface area contributed by atoms with E-state index in [4.69, 9.17) is 11.1 Å². The predicted molar refractivity (Wildman–Crippen MR) is 106 cm³/mol. The van der Waals surface area contributed by atoms with Crippen LogP contribution in [0.15, 0.2) is 60.9 Å². The van der Waals surface area contributed by atoms with Gasteiger partial charge in [-0.1, -0.05) is 24.3 Å². The van der Waals surface area contributed by atoms with Crippen LogP contribution in [0.2, 0.25) is 0 Å². The number of anilines is 1. The largest absolute Gasteiger partial charge is 0.416 e. The summed E-state index contributed by atoms with van der Waals surface area (Å²) >= 11 is 0. The summed E-state index contributed by atoms with van der Waals surface area (Å²) in [7, 11) is 0. The van der Waals surface area contributed by atoms with Crippen LogP contribution < -0.4 is 11.1 Å². The zero-order valence-corrected chi connectivity index (χ0v) is 15.1. The molecular weight excluding hydrogens is 381 g/mol. The number of nitrogens with two attached hydrogens (primary N) is 1. The summed E-state index contributed by atoms with van der Waals surface area (Å²) in [4.78, 5) is 16.4. The van der Waals surface area contributed by atoms with Gasteiger partial charge in [0.1, 0.15) is 5.82 Å². The van der Waals surface area contributed by atoms with Crippen molar-refractivity contribution >= 4 is 34.3 Å². The number of allylic oxidation sites excluding steroid dienone is 1. The molecule has 0 saturated heterocycles.